The average Bonchev–Trinajstić information content (AvgIpc) is 3.66. The van der Waals surface area contributed by atoms with Gasteiger partial charge >= 0.3 is 6.18 Å². The van der Waals surface area contributed by atoms with Gasteiger partial charge in [0.2, 0.25) is 0 Å². The van der Waals surface area contributed by atoms with Crippen molar-refractivity contribution >= 4 is 11.6 Å². The minimum Gasteiger partial charge on any atom is -0.456 e. The number of ether oxygens (including phenoxy) is 1. The van der Waals surface area contributed by atoms with Crippen LogP contribution in [-0.2, 0) is 6.18 Å². The van der Waals surface area contributed by atoms with Gasteiger partial charge in [-0.2, -0.15) is 13.2 Å². The smallest absolute Gasteiger partial charge is 0.416 e. The third kappa shape index (κ3) is 5.51. The fourth-order valence-electron chi connectivity index (χ4n) is 4.01. The molecule has 0 heterocycles. The van der Waals surface area contributed by atoms with Gasteiger partial charge in [0.05, 0.1) is 11.1 Å². The number of halogens is 5. The van der Waals surface area contributed by atoms with Crippen LogP contribution in [0.25, 0.3) is 0 Å². The quantitative estimate of drug-likeness (QED) is 0.333. The molecule has 1 atom stereocenters. The summed E-state index contributed by atoms with van der Waals surface area (Å²) in [6.07, 6.45) is -3.49. The number of benzene rings is 3. The van der Waals surface area contributed by atoms with Crippen LogP contribution < -0.4 is 15.8 Å². The molecule has 3 N–H and O–H groups in total. The second-order valence-electron chi connectivity index (χ2n) is 9.05. The predicted molar refractivity (Wildman–Crippen MR) is 126 cm³/mol. The predicted octanol–water partition coefficient (Wildman–Crippen LogP) is 7.28. The van der Waals surface area contributed by atoms with Gasteiger partial charge < -0.3 is 15.8 Å². The van der Waals surface area contributed by atoms with Crippen LogP contribution in [0.2, 0.25) is 0 Å². The SMILES string of the molecule is Cc1cc(F)ccc1Oc1cc(C2CC2)c(C(F)(F)F)cc1C(=O)Nc1ccc(F)c(C(C)CN)c1. The van der Waals surface area contributed by atoms with Gasteiger partial charge in [-0.1, -0.05) is 6.92 Å². The monoisotopic (exact) mass is 504 g/mol. The van der Waals surface area contributed by atoms with Crippen LogP contribution in [0.4, 0.5) is 27.6 Å². The highest BCUT2D eigenvalue weighted by molar-refractivity contribution is 6.06. The third-order valence-corrected chi connectivity index (χ3v) is 6.21. The van der Waals surface area contributed by atoms with E-state index < -0.39 is 29.3 Å². The number of carbonyl (C=O) groups is 1. The molecule has 3 aromatic rings. The fraction of sp³-hybridized carbons (Fsp3) is 0.296. The highest BCUT2D eigenvalue weighted by Crippen LogP contribution is 2.48. The van der Waals surface area contributed by atoms with E-state index in [1.54, 1.807) is 13.8 Å². The van der Waals surface area contributed by atoms with Crippen molar-refractivity contribution in [1.82, 2.24) is 0 Å². The van der Waals surface area contributed by atoms with Crippen LogP contribution >= 0.6 is 0 Å². The molecule has 36 heavy (non-hydrogen) atoms. The summed E-state index contributed by atoms with van der Waals surface area (Å²) in [6.45, 7) is 3.47. The first-order valence-corrected chi connectivity index (χ1v) is 11.5. The molecule has 0 aliphatic heterocycles. The lowest BCUT2D eigenvalue weighted by Crippen LogP contribution is -2.17. The molecule has 1 saturated carbocycles. The Balaban J connectivity index is 1.77. The summed E-state index contributed by atoms with van der Waals surface area (Å²) in [5.41, 5.74) is 5.30. The zero-order valence-corrected chi connectivity index (χ0v) is 19.7. The highest BCUT2D eigenvalue weighted by Gasteiger charge is 2.40. The number of nitrogens with two attached hydrogens (primary N) is 1. The molecule has 0 radical (unpaired) electrons. The van der Waals surface area contributed by atoms with Crippen LogP contribution in [0, 0.1) is 18.6 Å². The van der Waals surface area contributed by atoms with E-state index in [-0.39, 0.29) is 52.3 Å². The Morgan fingerprint density at radius 2 is 1.81 bits per heavy atom. The van der Waals surface area contributed by atoms with Crippen molar-refractivity contribution in [1.29, 1.82) is 0 Å². The summed E-state index contributed by atoms with van der Waals surface area (Å²) in [7, 11) is 0. The molecule has 0 bridgehead atoms. The maximum atomic E-state index is 14.2. The topological polar surface area (TPSA) is 64.3 Å². The van der Waals surface area contributed by atoms with Gasteiger partial charge in [-0.15, -0.1) is 0 Å². The number of hydrogen-bond donors (Lipinski definition) is 2. The number of carbonyl (C=O) groups excluding carboxylic acids is 1. The van der Waals surface area contributed by atoms with Crippen molar-refractivity contribution in [3.63, 3.8) is 0 Å². The molecule has 0 spiro atoms. The minimum atomic E-state index is -4.68. The molecule has 190 valence electrons. The molecule has 0 saturated heterocycles. The van der Waals surface area contributed by atoms with Crippen LogP contribution in [0.5, 0.6) is 11.5 Å². The first-order valence-electron chi connectivity index (χ1n) is 11.5. The summed E-state index contributed by atoms with van der Waals surface area (Å²) in [4.78, 5) is 13.2. The third-order valence-electron chi connectivity index (χ3n) is 6.21. The second kappa shape index (κ2) is 9.89. The number of nitrogens with one attached hydrogen (secondary N) is 1. The van der Waals surface area contributed by atoms with E-state index in [9.17, 15) is 26.7 Å². The van der Waals surface area contributed by atoms with Gasteiger partial charge in [0, 0.05) is 5.69 Å². The van der Waals surface area contributed by atoms with Gasteiger partial charge in [-0.05, 0) is 103 Å². The van der Waals surface area contributed by atoms with Crippen molar-refractivity contribution in [3.8, 4) is 11.5 Å². The van der Waals surface area contributed by atoms with E-state index in [2.05, 4.69) is 5.32 Å². The van der Waals surface area contributed by atoms with Gasteiger partial charge in [-0.25, -0.2) is 8.78 Å². The Morgan fingerprint density at radius 3 is 2.42 bits per heavy atom. The Kier molecular flexibility index (Phi) is 7.04. The molecule has 1 amide bonds. The lowest BCUT2D eigenvalue weighted by Gasteiger charge is -2.19. The fourth-order valence-corrected chi connectivity index (χ4v) is 4.01. The Bertz CT molecular complexity index is 1300. The summed E-state index contributed by atoms with van der Waals surface area (Å²) in [6, 6.07) is 9.63. The van der Waals surface area contributed by atoms with Crippen molar-refractivity contribution in [3.05, 3.63) is 88.0 Å². The normalized spacial score (nSPS) is 14.4. The number of amides is 1. The van der Waals surface area contributed by atoms with E-state index in [0.717, 1.165) is 18.2 Å². The van der Waals surface area contributed by atoms with Crippen molar-refractivity contribution in [2.45, 2.75) is 44.7 Å². The molecular weight excluding hydrogens is 479 g/mol. The van der Waals surface area contributed by atoms with E-state index in [1.807, 2.05) is 0 Å². The Morgan fingerprint density at radius 1 is 1.08 bits per heavy atom. The number of aryl methyl sites for hydroxylation is 1. The molecule has 1 fully saturated rings. The van der Waals surface area contributed by atoms with E-state index in [1.165, 1.54) is 30.3 Å². The summed E-state index contributed by atoms with van der Waals surface area (Å²) in [5.74, 6) is -2.37. The Labute approximate surface area is 205 Å². The second-order valence-corrected chi connectivity index (χ2v) is 9.05. The zero-order chi connectivity index (χ0) is 26.2. The Hall–Kier alpha value is -3.46. The molecule has 4 rings (SSSR count). The maximum Gasteiger partial charge on any atom is 0.416 e. The van der Waals surface area contributed by atoms with Crippen molar-refractivity contribution in [2.24, 2.45) is 5.73 Å². The molecule has 1 aliphatic carbocycles. The van der Waals surface area contributed by atoms with Gasteiger partial charge in [0.1, 0.15) is 23.1 Å². The molecule has 1 unspecified atom stereocenters. The average molecular weight is 504 g/mol. The van der Waals surface area contributed by atoms with Gasteiger partial charge in [0.15, 0.2) is 0 Å². The number of hydrogen-bond acceptors (Lipinski definition) is 3. The molecule has 0 aromatic heterocycles. The number of anilines is 1. The number of alkyl halides is 3. The van der Waals surface area contributed by atoms with Crippen molar-refractivity contribution in [2.75, 3.05) is 11.9 Å². The minimum absolute atomic E-state index is 0.0506. The van der Waals surface area contributed by atoms with Crippen LogP contribution in [-0.4, -0.2) is 12.5 Å². The largest absolute Gasteiger partial charge is 0.456 e. The van der Waals surface area contributed by atoms with E-state index >= 15 is 0 Å². The lowest BCUT2D eigenvalue weighted by atomic mass is 9.97. The summed E-state index contributed by atoms with van der Waals surface area (Å²) >= 11 is 0. The lowest BCUT2D eigenvalue weighted by molar-refractivity contribution is -0.138. The highest BCUT2D eigenvalue weighted by atomic mass is 19.4. The molecule has 4 nitrogen and oxygen atoms in total. The first-order chi connectivity index (χ1) is 17.0. The van der Waals surface area contributed by atoms with Crippen LogP contribution in [0.3, 0.4) is 0 Å². The maximum absolute atomic E-state index is 14.2. The van der Waals surface area contributed by atoms with Crippen LogP contribution in [0.15, 0.2) is 48.5 Å². The van der Waals surface area contributed by atoms with Crippen molar-refractivity contribution < 1.29 is 31.5 Å². The standard InChI is InChI=1S/C27H25F5N2O2/c1-14-9-17(28)5-8-24(14)36-25-12-20(16-3-4-16)22(27(30,31)32)11-21(25)26(35)34-18-6-7-23(29)19(10-18)15(2)13-33/h5-12,15-16H,3-4,13,33H2,1-2H3,(H,34,35). The summed E-state index contributed by atoms with van der Waals surface area (Å²) < 4.78 is 75.4. The summed E-state index contributed by atoms with van der Waals surface area (Å²) in [5, 5.41) is 2.54. The molecule has 1 aliphatic rings. The first kappa shape index (κ1) is 25.6. The van der Waals surface area contributed by atoms with Gasteiger partial charge in [0.25, 0.3) is 5.91 Å². The zero-order valence-electron chi connectivity index (χ0n) is 19.7. The van der Waals surface area contributed by atoms with E-state index in [4.69, 9.17) is 10.5 Å². The number of rotatable bonds is 7. The molecular formula is C27H25F5N2O2. The van der Waals surface area contributed by atoms with E-state index in [0.29, 0.717) is 18.4 Å². The van der Waals surface area contributed by atoms with Crippen LogP contribution in [0.1, 0.15) is 64.2 Å². The van der Waals surface area contributed by atoms with Gasteiger partial charge in [-0.3, -0.25) is 4.79 Å². The molecule has 3 aromatic carbocycles. The molecule has 9 heteroatoms.